The third-order valence-corrected chi connectivity index (χ3v) is 9.25. The van der Waals surface area contributed by atoms with Gasteiger partial charge in [0.05, 0.1) is 18.0 Å². The zero-order valence-electron chi connectivity index (χ0n) is 28.1. The van der Waals surface area contributed by atoms with Gasteiger partial charge in [0.25, 0.3) is 0 Å². The Kier molecular flexibility index (Phi) is 10.0. The molecule has 1 unspecified atom stereocenters. The second kappa shape index (κ2) is 14.4. The minimum Gasteiger partial charge on any atom is -0.480 e. The second-order valence-electron chi connectivity index (χ2n) is 12.8. The minimum absolute atomic E-state index is 0.154. The Labute approximate surface area is 292 Å². The van der Waals surface area contributed by atoms with E-state index in [1.807, 2.05) is 4.90 Å². The highest BCUT2D eigenvalue weighted by molar-refractivity contribution is 5.87. The van der Waals surface area contributed by atoms with Crippen molar-refractivity contribution in [3.63, 3.8) is 0 Å². The predicted molar refractivity (Wildman–Crippen MR) is 183 cm³/mol. The summed E-state index contributed by atoms with van der Waals surface area (Å²) in [6.07, 6.45) is -1.08. The van der Waals surface area contributed by atoms with Gasteiger partial charge in [-0.3, -0.25) is 4.79 Å². The summed E-state index contributed by atoms with van der Waals surface area (Å²) in [7, 11) is 0. The number of halogens is 3. The number of benzene rings is 2. The molecular formula is C36H38F3N7O5. The van der Waals surface area contributed by atoms with E-state index in [0.717, 1.165) is 0 Å². The van der Waals surface area contributed by atoms with Crippen LogP contribution < -0.4 is 20.7 Å². The molecule has 12 nitrogen and oxygen atoms in total. The summed E-state index contributed by atoms with van der Waals surface area (Å²) in [4.78, 5) is 33.6. The van der Waals surface area contributed by atoms with Crippen molar-refractivity contribution in [1.82, 2.24) is 25.1 Å². The Hall–Kier alpha value is -5.44. The zero-order chi connectivity index (χ0) is 36.3. The summed E-state index contributed by atoms with van der Waals surface area (Å²) < 4.78 is 57.3. The third-order valence-electron chi connectivity index (χ3n) is 9.25. The molecule has 2 aromatic heterocycles. The molecule has 15 heteroatoms. The molecule has 51 heavy (non-hydrogen) atoms. The van der Waals surface area contributed by atoms with E-state index < -0.39 is 30.3 Å². The van der Waals surface area contributed by atoms with Gasteiger partial charge in [-0.15, -0.1) is 0 Å². The number of alkyl halides is 3. The van der Waals surface area contributed by atoms with Crippen molar-refractivity contribution in [2.24, 2.45) is 5.41 Å². The largest absolute Gasteiger partial charge is 0.480 e. The Morgan fingerprint density at radius 3 is 2.55 bits per heavy atom. The third kappa shape index (κ3) is 8.14. The van der Waals surface area contributed by atoms with Crippen molar-refractivity contribution >= 4 is 29.8 Å². The molecule has 2 aliphatic rings. The monoisotopic (exact) mass is 705 g/mol. The Bertz CT molecular complexity index is 1940. The molecule has 268 valence electrons. The van der Waals surface area contributed by atoms with Gasteiger partial charge in [-0.1, -0.05) is 24.3 Å². The van der Waals surface area contributed by atoms with Gasteiger partial charge in [0.1, 0.15) is 11.9 Å². The maximum Gasteiger partial charge on any atom is 0.429 e. The Morgan fingerprint density at radius 2 is 1.88 bits per heavy atom. The van der Waals surface area contributed by atoms with Gasteiger partial charge in [0.2, 0.25) is 17.9 Å². The van der Waals surface area contributed by atoms with E-state index >= 15 is 13.2 Å². The van der Waals surface area contributed by atoms with Crippen LogP contribution in [0.15, 0.2) is 66.9 Å². The van der Waals surface area contributed by atoms with E-state index in [1.54, 1.807) is 68.6 Å². The van der Waals surface area contributed by atoms with Crippen LogP contribution in [0.25, 0.3) is 22.9 Å². The number of aryl methyl sites for hydroxylation is 1. The van der Waals surface area contributed by atoms with Crippen LogP contribution in [0.1, 0.15) is 49.1 Å². The number of nitrogens with one attached hydrogen (secondary N) is 1. The number of ether oxygens (including phenoxy) is 2. The van der Waals surface area contributed by atoms with Crippen molar-refractivity contribution in [2.75, 3.05) is 36.9 Å². The highest BCUT2D eigenvalue weighted by Crippen LogP contribution is 2.43. The molecule has 0 bridgehead atoms. The Morgan fingerprint density at radius 1 is 1.12 bits per heavy atom. The number of carbonyl (C=O) groups is 2. The SMILES string of the molecule is CCOC(=O)C=Cc1cccc(-c2ccc(-n3ccc(C)n3)c([C@@H](Oc3cc(N4CCC5(CC4)CNC(C(=O)O)C5)nc(N)n3)C(F)(F)F)c2)c1. The van der Waals surface area contributed by atoms with Crippen LogP contribution in [0.2, 0.25) is 0 Å². The number of nitrogen functional groups attached to an aromatic ring is 1. The quantitative estimate of drug-likeness (QED) is 0.141. The molecule has 0 radical (unpaired) electrons. The minimum atomic E-state index is -4.90. The number of carboxylic acid groups (broad SMARTS) is 1. The predicted octanol–water partition coefficient (Wildman–Crippen LogP) is 5.51. The average Bonchev–Trinajstić information content (AvgIpc) is 3.72. The molecule has 2 saturated heterocycles. The summed E-state index contributed by atoms with van der Waals surface area (Å²) in [6, 6.07) is 14.1. The first kappa shape index (κ1) is 35.4. The number of anilines is 2. The summed E-state index contributed by atoms with van der Waals surface area (Å²) in [6.45, 7) is 5.26. The smallest absolute Gasteiger partial charge is 0.429 e. The molecular weight excluding hydrogens is 667 g/mol. The van der Waals surface area contributed by atoms with Crippen LogP contribution in [-0.2, 0) is 14.3 Å². The summed E-state index contributed by atoms with van der Waals surface area (Å²) in [5.74, 6) is -1.67. The van der Waals surface area contributed by atoms with Gasteiger partial charge in [-0.2, -0.15) is 28.2 Å². The first-order valence-corrected chi connectivity index (χ1v) is 16.5. The number of hydrogen-bond donors (Lipinski definition) is 3. The molecule has 0 saturated carbocycles. The van der Waals surface area contributed by atoms with Gasteiger partial charge in [-0.05, 0) is 85.6 Å². The summed E-state index contributed by atoms with van der Waals surface area (Å²) >= 11 is 0. The van der Waals surface area contributed by atoms with E-state index in [9.17, 15) is 14.7 Å². The van der Waals surface area contributed by atoms with Crippen LogP contribution in [0.5, 0.6) is 5.88 Å². The first-order chi connectivity index (χ1) is 24.3. The van der Waals surface area contributed by atoms with Crippen LogP contribution in [0, 0.1) is 12.3 Å². The zero-order valence-corrected chi connectivity index (χ0v) is 28.1. The molecule has 0 amide bonds. The van der Waals surface area contributed by atoms with E-state index in [0.29, 0.717) is 67.1 Å². The Balaban J connectivity index is 1.32. The average molecular weight is 706 g/mol. The molecule has 4 heterocycles. The van der Waals surface area contributed by atoms with Crippen molar-refractivity contribution in [3.05, 3.63) is 83.7 Å². The number of aromatic nitrogens is 4. The number of carboxylic acids is 1. The number of piperidine rings is 1. The normalized spacial score (nSPS) is 17.9. The van der Waals surface area contributed by atoms with Gasteiger partial charge < -0.3 is 30.5 Å². The number of rotatable bonds is 10. The molecule has 0 aliphatic carbocycles. The molecule has 1 spiro atoms. The van der Waals surface area contributed by atoms with E-state index in [-0.39, 0.29) is 35.1 Å². The number of esters is 1. The van der Waals surface area contributed by atoms with Gasteiger partial charge >= 0.3 is 18.1 Å². The van der Waals surface area contributed by atoms with Crippen molar-refractivity contribution in [1.29, 1.82) is 0 Å². The lowest BCUT2D eigenvalue weighted by Gasteiger charge is -2.39. The molecule has 4 aromatic rings. The summed E-state index contributed by atoms with van der Waals surface area (Å²) in [5, 5.41) is 16.9. The van der Waals surface area contributed by atoms with E-state index in [4.69, 9.17) is 15.2 Å². The van der Waals surface area contributed by atoms with Crippen molar-refractivity contribution in [3.8, 4) is 22.7 Å². The van der Waals surface area contributed by atoms with Crippen LogP contribution in [0.3, 0.4) is 0 Å². The molecule has 6 rings (SSSR count). The van der Waals surface area contributed by atoms with Crippen LogP contribution >= 0.6 is 0 Å². The fourth-order valence-electron chi connectivity index (χ4n) is 6.64. The summed E-state index contributed by atoms with van der Waals surface area (Å²) in [5.41, 5.74) is 8.12. The number of aliphatic carboxylic acids is 1. The second-order valence-corrected chi connectivity index (χ2v) is 12.8. The molecule has 2 atom stereocenters. The number of nitrogens with two attached hydrogens (primary N) is 1. The van der Waals surface area contributed by atoms with Gasteiger partial charge in [0.15, 0.2) is 0 Å². The molecule has 4 N–H and O–H groups in total. The van der Waals surface area contributed by atoms with E-state index in [2.05, 4.69) is 20.4 Å². The fraction of sp³-hybridized carbons (Fsp3) is 0.361. The molecule has 2 aliphatic heterocycles. The topological polar surface area (TPSA) is 158 Å². The molecule has 2 aromatic carbocycles. The van der Waals surface area contributed by atoms with Crippen LogP contribution in [0.4, 0.5) is 24.9 Å². The standard InChI is InChI=1S/C36H38F3N7O5/c1-3-50-31(47)10-7-23-5-4-6-24(17-23)25-8-9-28(46-14-11-22(2)44-46)26(18-25)32(36(37,38)39)51-30-19-29(42-34(40)43-30)45-15-12-35(13-16-45)20-27(33(48)49)41-21-35/h4-11,14,17-19,27,32,41H,3,12-13,15-16,20-21H2,1-2H3,(H,48,49)(H2,40,42,43)/t27?,32-/m1/s1. The first-order valence-electron chi connectivity index (χ1n) is 16.5. The van der Waals surface area contributed by atoms with Crippen LogP contribution in [-0.4, -0.2) is 75.3 Å². The van der Waals surface area contributed by atoms with E-state index in [1.165, 1.54) is 22.9 Å². The van der Waals surface area contributed by atoms with Crippen molar-refractivity contribution < 1.29 is 37.3 Å². The number of carbonyl (C=O) groups excluding carboxylic acids is 1. The number of nitrogens with zero attached hydrogens (tertiary/aromatic N) is 5. The highest BCUT2D eigenvalue weighted by Gasteiger charge is 2.46. The number of hydrogen-bond acceptors (Lipinski definition) is 10. The lowest BCUT2D eigenvalue weighted by atomic mass is 9.76. The maximum absolute atomic E-state index is 15.1. The lowest BCUT2D eigenvalue weighted by molar-refractivity contribution is -0.198. The molecule has 2 fully saturated rings. The van der Waals surface area contributed by atoms with Gasteiger partial charge in [0, 0.05) is 43.5 Å². The fourth-order valence-corrected chi connectivity index (χ4v) is 6.64. The van der Waals surface area contributed by atoms with Crippen molar-refractivity contribution in [2.45, 2.75) is 51.4 Å². The maximum atomic E-state index is 15.1. The highest BCUT2D eigenvalue weighted by atomic mass is 19.4. The lowest BCUT2D eigenvalue weighted by Crippen LogP contribution is -2.41. The van der Waals surface area contributed by atoms with Gasteiger partial charge in [-0.25, -0.2) is 9.48 Å².